The highest BCUT2D eigenvalue weighted by atomic mass is 32.1. The predicted molar refractivity (Wildman–Crippen MR) is 55.1 cm³/mol. The van der Waals surface area contributed by atoms with Gasteiger partial charge in [0.25, 0.3) is 0 Å². The zero-order valence-corrected chi connectivity index (χ0v) is 8.53. The van der Waals surface area contributed by atoms with Crippen LogP contribution in [-0.4, -0.2) is 15.1 Å². The molecule has 0 aromatic carbocycles. The topological polar surface area (TPSA) is 46.0 Å². The van der Waals surface area contributed by atoms with Crippen LogP contribution in [0.2, 0.25) is 0 Å². The molecule has 0 aliphatic rings. The molecular weight excluding hydrogens is 196 g/mol. The highest BCUT2D eigenvalue weighted by Crippen LogP contribution is 2.25. The van der Waals surface area contributed by atoms with Gasteiger partial charge in [-0.15, -0.1) is 11.3 Å². The van der Waals surface area contributed by atoms with Gasteiger partial charge in [-0.05, 0) is 18.6 Å². The average molecular weight is 206 g/mol. The molecule has 0 saturated carbocycles. The van der Waals surface area contributed by atoms with Crippen LogP contribution in [0.25, 0.3) is 0 Å². The second-order valence-electron chi connectivity index (χ2n) is 3.04. The number of aliphatic hydroxyl groups excluding tert-OH is 1. The smallest absolute Gasteiger partial charge is 0.117 e. The summed E-state index contributed by atoms with van der Waals surface area (Å²) in [5.41, 5.74) is 3.60. The van der Waals surface area contributed by atoms with Crippen LogP contribution in [0.3, 0.4) is 0 Å². The van der Waals surface area contributed by atoms with Gasteiger partial charge in [0.05, 0.1) is 10.4 Å². The Morgan fingerprint density at radius 1 is 1.36 bits per heavy atom. The number of aromatic nitrogens is 2. The number of hydrogen-bond donors (Lipinski definition) is 1. The van der Waals surface area contributed by atoms with Crippen molar-refractivity contribution in [1.82, 2.24) is 9.97 Å². The molecule has 2 aromatic rings. The van der Waals surface area contributed by atoms with Gasteiger partial charge in [-0.25, -0.2) is 0 Å². The van der Waals surface area contributed by atoms with Crippen LogP contribution in [0, 0.1) is 6.92 Å². The number of rotatable bonds is 2. The highest BCUT2D eigenvalue weighted by Gasteiger charge is 2.13. The molecule has 0 aliphatic carbocycles. The molecule has 14 heavy (non-hydrogen) atoms. The molecular formula is C10H10N2OS. The summed E-state index contributed by atoms with van der Waals surface area (Å²) in [6.07, 6.45) is 4.50. The summed E-state index contributed by atoms with van der Waals surface area (Å²) in [5.74, 6) is 0. The Bertz CT molecular complexity index is 414. The fraction of sp³-hybridized carbons (Fsp3) is 0.200. The first-order valence-corrected chi connectivity index (χ1v) is 5.14. The van der Waals surface area contributed by atoms with Crippen LogP contribution in [0.5, 0.6) is 0 Å². The molecule has 0 amide bonds. The minimum atomic E-state index is -0.601. The lowest BCUT2D eigenvalue weighted by molar-refractivity contribution is 0.222. The fourth-order valence-electron chi connectivity index (χ4n) is 1.28. The number of aliphatic hydroxyl groups is 1. The molecule has 2 rings (SSSR count). The Morgan fingerprint density at radius 3 is 2.86 bits per heavy atom. The lowest BCUT2D eigenvalue weighted by Crippen LogP contribution is -2.00. The summed E-state index contributed by atoms with van der Waals surface area (Å²) in [6, 6.07) is 1.89. The molecule has 4 heteroatoms. The van der Waals surface area contributed by atoms with Crippen molar-refractivity contribution in [2.45, 2.75) is 13.0 Å². The van der Waals surface area contributed by atoms with Gasteiger partial charge in [0.15, 0.2) is 0 Å². The maximum atomic E-state index is 9.99. The SMILES string of the molecule is Cc1ccncc1C(O)c1cncs1. The standard InChI is InChI=1S/C10H10N2OS/c1-7-2-3-11-4-8(7)10(13)9-5-12-6-14-9/h2-6,10,13H,1H3. The van der Waals surface area contributed by atoms with Crippen molar-refractivity contribution < 1.29 is 5.11 Å². The van der Waals surface area contributed by atoms with Crippen molar-refractivity contribution in [3.05, 3.63) is 46.2 Å². The molecule has 3 nitrogen and oxygen atoms in total. The minimum Gasteiger partial charge on any atom is -0.383 e. The van der Waals surface area contributed by atoms with Gasteiger partial charge in [0.1, 0.15) is 6.10 Å². The van der Waals surface area contributed by atoms with E-state index in [0.29, 0.717) is 0 Å². The van der Waals surface area contributed by atoms with Gasteiger partial charge in [0, 0.05) is 24.2 Å². The molecule has 1 N–H and O–H groups in total. The first kappa shape index (κ1) is 9.30. The average Bonchev–Trinajstić information content (AvgIpc) is 2.70. The van der Waals surface area contributed by atoms with Gasteiger partial charge in [-0.1, -0.05) is 0 Å². The number of nitrogens with zero attached hydrogens (tertiary/aromatic N) is 2. The van der Waals surface area contributed by atoms with Crippen molar-refractivity contribution in [2.75, 3.05) is 0 Å². The van der Waals surface area contributed by atoms with E-state index in [0.717, 1.165) is 16.0 Å². The number of hydrogen-bond acceptors (Lipinski definition) is 4. The Balaban J connectivity index is 2.37. The van der Waals surface area contributed by atoms with Crippen LogP contribution in [-0.2, 0) is 0 Å². The molecule has 0 bridgehead atoms. The van der Waals surface area contributed by atoms with Crippen molar-refractivity contribution in [3.63, 3.8) is 0 Å². The van der Waals surface area contributed by atoms with Crippen molar-refractivity contribution in [3.8, 4) is 0 Å². The Kier molecular flexibility index (Phi) is 2.56. The van der Waals surface area contributed by atoms with Gasteiger partial charge in [-0.2, -0.15) is 0 Å². The van der Waals surface area contributed by atoms with Crippen LogP contribution >= 0.6 is 11.3 Å². The Labute approximate surface area is 86.1 Å². The van der Waals surface area contributed by atoms with E-state index in [2.05, 4.69) is 9.97 Å². The predicted octanol–water partition coefficient (Wildman–Crippen LogP) is 1.93. The van der Waals surface area contributed by atoms with E-state index in [1.807, 2.05) is 13.0 Å². The van der Waals surface area contributed by atoms with Gasteiger partial charge in [-0.3, -0.25) is 9.97 Å². The molecule has 2 heterocycles. The third kappa shape index (κ3) is 1.66. The second kappa shape index (κ2) is 3.86. The molecule has 0 aliphatic heterocycles. The first-order valence-electron chi connectivity index (χ1n) is 4.26. The second-order valence-corrected chi connectivity index (χ2v) is 3.96. The van der Waals surface area contributed by atoms with Crippen molar-refractivity contribution >= 4 is 11.3 Å². The fourth-order valence-corrected chi connectivity index (χ4v) is 1.90. The zero-order valence-electron chi connectivity index (χ0n) is 7.71. The van der Waals surface area contributed by atoms with Crippen LogP contribution in [0.15, 0.2) is 30.2 Å². The van der Waals surface area contributed by atoms with E-state index in [-0.39, 0.29) is 0 Å². The van der Waals surface area contributed by atoms with Crippen LogP contribution < -0.4 is 0 Å². The Hall–Kier alpha value is -1.26. The number of thiazole rings is 1. The zero-order chi connectivity index (χ0) is 9.97. The number of aryl methyl sites for hydroxylation is 1. The van der Waals surface area contributed by atoms with E-state index >= 15 is 0 Å². The van der Waals surface area contributed by atoms with E-state index in [4.69, 9.17) is 0 Å². The minimum absolute atomic E-state index is 0.601. The third-order valence-electron chi connectivity index (χ3n) is 2.10. The molecule has 72 valence electrons. The summed E-state index contributed by atoms with van der Waals surface area (Å²) in [6.45, 7) is 1.96. The lowest BCUT2D eigenvalue weighted by Gasteiger charge is -2.10. The maximum absolute atomic E-state index is 9.99. The van der Waals surface area contributed by atoms with E-state index < -0.39 is 6.10 Å². The van der Waals surface area contributed by atoms with E-state index in [9.17, 15) is 5.11 Å². The van der Waals surface area contributed by atoms with Gasteiger partial charge >= 0.3 is 0 Å². The summed E-state index contributed by atoms with van der Waals surface area (Å²) >= 11 is 1.45. The molecule has 0 radical (unpaired) electrons. The largest absolute Gasteiger partial charge is 0.383 e. The molecule has 0 fully saturated rings. The molecule has 1 unspecified atom stereocenters. The van der Waals surface area contributed by atoms with E-state index in [1.165, 1.54) is 11.3 Å². The lowest BCUT2D eigenvalue weighted by atomic mass is 10.1. The molecule has 0 spiro atoms. The van der Waals surface area contributed by atoms with Gasteiger partial charge in [0.2, 0.25) is 0 Å². The quantitative estimate of drug-likeness (QED) is 0.816. The first-order chi connectivity index (χ1) is 6.79. The summed E-state index contributed by atoms with van der Waals surface area (Å²) in [4.78, 5) is 8.79. The van der Waals surface area contributed by atoms with Crippen molar-refractivity contribution in [1.29, 1.82) is 0 Å². The molecule has 0 saturated heterocycles. The van der Waals surface area contributed by atoms with Gasteiger partial charge < -0.3 is 5.11 Å². The van der Waals surface area contributed by atoms with Crippen LogP contribution in [0.4, 0.5) is 0 Å². The normalized spacial score (nSPS) is 12.7. The summed E-state index contributed by atoms with van der Waals surface area (Å²) in [5, 5.41) is 9.99. The van der Waals surface area contributed by atoms with Crippen molar-refractivity contribution in [2.24, 2.45) is 0 Å². The monoisotopic (exact) mass is 206 g/mol. The van der Waals surface area contributed by atoms with Crippen LogP contribution in [0.1, 0.15) is 22.1 Å². The Morgan fingerprint density at radius 2 is 2.21 bits per heavy atom. The molecule has 1 atom stereocenters. The van der Waals surface area contributed by atoms with E-state index in [1.54, 1.807) is 24.1 Å². The highest BCUT2D eigenvalue weighted by molar-refractivity contribution is 7.09. The third-order valence-corrected chi connectivity index (χ3v) is 2.92. The summed E-state index contributed by atoms with van der Waals surface area (Å²) in [7, 11) is 0. The molecule has 2 aromatic heterocycles. The number of pyridine rings is 1. The summed E-state index contributed by atoms with van der Waals surface area (Å²) < 4.78 is 0. The maximum Gasteiger partial charge on any atom is 0.117 e.